The Balaban J connectivity index is 1.23. The number of aliphatic hydroxyl groups is 1. The number of ketones is 1. The van der Waals surface area contributed by atoms with E-state index < -0.39 is 28.9 Å². The third kappa shape index (κ3) is 6.10. The smallest absolute Gasteiger partial charge is 0.316 e. The lowest BCUT2D eigenvalue weighted by Gasteiger charge is -2.61. The van der Waals surface area contributed by atoms with Crippen molar-refractivity contribution >= 4 is 34.4 Å². The molecule has 8 atom stereocenters. The lowest BCUT2D eigenvalue weighted by molar-refractivity contribution is -0.205. The van der Waals surface area contributed by atoms with E-state index in [4.69, 9.17) is 4.74 Å². The first kappa shape index (κ1) is 34.8. The van der Waals surface area contributed by atoms with Crippen LogP contribution in [0, 0.1) is 39.8 Å². The van der Waals surface area contributed by atoms with Crippen LogP contribution in [0.15, 0.2) is 42.0 Å². The minimum atomic E-state index is -0.695. The Morgan fingerprint density at radius 3 is 2.74 bits per heavy atom. The van der Waals surface area contributed by atoms with Gasteiger partial charge in [0.15, 0.2) is 0 Å². The van der Waals surface area contributed by atoms with Gasteiger partial charge < -0.3 is 15.2 Å². The molecule has 0 saturated heterocycles. The minimum Gasteiger partial charge on any atom is -0.461 e. The number of nitrogens with one attached hydrogen (secondary N) is 1. The highest BCUT2D eigenvalue weighted by molar-refractivity contribution is 8.01. The molecule has 8 nitrogen and oxygen atoms in total. The maximum Gasteiger partial charge on any atom is 0.316 e. The van der Waals surface area contributed by atoms with Gasteiger partial charge in [-0.25, -0.2) is 9.37 Å². The standard InChI is InChI=1S/C36H50FN3O5S/c1-8-34(6)18-28(35(7)22(2)11-13-36(23(3)31(34)43)14-12-27(41)30(35)36)45-29(42)19-46-33(4,5)20-38-15-16-40-21-39-26-10-9-24(37)17-25(26)32(40)44/h8-10,17,21-23,28,30-31,38,43H,1,11-16,18-20H2,2-7H3/t22-,23+,28-,30+,31+,34-,35+,36+/m1/s1. The monoisotopic (exact) mass is 655 g/mol. The average Bonchev–Trinajstić information content (AvgIpc) is 3.37. The van der Waals surface area contributed by atoms with E-state index in [0.717, 1.165) is 19.3 Å². The van der Waals surface area contributed by atoms with Crippen LogP contribution in [0.5, 0.6) is 0 Å². The molecule has 1 aromatic heterocycles. The fourth-order valence-electron chi connectivity index (χ4n) is 8.88. The molecule has 3 saturated carbocycles. The van der Waals surface area contributed by atoms with Gasteiger partial charge in [0.1, 0.15) is 17.7 Å². The fourth-order valence-corrected chi connectivity index (χ4v) is 9.66. The number of rotatable bonds is 10. The number of fused-ring (bicyclic) bond motifs is 1. The number of hydrogen-bond acceptors (Lipinski definition) is 8. The summed E-state index contributed by atoms with van der Waals surface area (Å²) in [5.74, 6) is -0.557. The summed E-state index contributed by atoms with van der Waals surface area (Å²) in [5, 5.41) is 15.3. The first-order valence-corrected chi connectivity index (χ1v) is 17.6. The van der Waals surface area contributed by atoms with Crippen molar-refractivity contribution < 1.29 is 23.8 Å². The largest absolute Gasteiger partial charge is 0.461 e. The fraction of sp³-hybridized carbons (Fsp3) is 0.667. The summed E-state index contributed by atoms with van der Waals surface area (Å²) < 4.78 is 21.2. The summed E-state index contributed by atoms with van der Waals surface area (Å²) in [7, 11) is 0. The van der Waals surface area contributed by atoms with Gasteiger partial charge in [-0.15, -0.1) is 18.3 Å². The van der Waals surface area contributed by atoms with E-state index in [2.05, 4.69) is 37.7 Å². The van der Waals surface area contributed by atoms with Crippen LogP contribution in [0.3, 0.4) is 0 Å². The maximum absolute atomic E-state index is 13.7. The highest BCUT2D eigenvalue weighted by Crippen LogP contribution is 2.68. The highest BCUT2D eigenvalue weighted by Gasteiger charge is 2.68. The first-order valence-electron chi connectivity index (χ1n) is 16.6. The molecule has 1 heterocycles. The lowest BCUT2D eigenvalue weighted by Crippen LogP contribution is -2.63. The van der Waals surface area contributed by atoms with Crippen molar-refractivity contribution in [3.63, 3.8) is 0 Å². The van der Waals surface area contributed by atoms with E-state index in [-0.39, 0.29) is 56.4 Å². The van der Waals surface area contributed by atoms with Crippen LogP contribution in [-0.4, -0.2) is 62.2 Å². The highest BCUT2D eigenvalue weighted by atomic mass is 32.2. The van der Waals surface area contributed by atoms with Crippen molar-refractivity contribution in [2.24, 2.45) is 34.0 Å². The second-order valence-electron chi connectivity index (χ2n) is 15.2. The number of Topliss-reactive ketones (excluding diaryl/α,β-unsaturated/α-hetero) is 1. The van der Waals surface area contributed by atoms with Gasteiger partial charge in [0.05, 0.1) is 29.1 Å². The Labute approximate surface area is 276 Å². The van der Waals surface area contributed by atoms with Gasteiger partial charge in [-0.1, -0.05) is 33.8 Å². The van der Waals surface area contributed by atoms with E-state index in [1.807, 2.05) is 26.8 Å². The van der Waals surface area contributed by atoms with Crippen LogP contribution in [0.25, 0.3) is 10.9 Å². The SMILES string of the molecule is C=C[C@]1(C)C[C@@H](OC(=O)CSC(C)(C)CNCCn2cnc3ccc(F)cc3c2=O)[C@]2(C)[C@H](C)CC[C@]3(CCC(=O)[C@H]32)[C@@H](C)[C@@H]1O. The van der Waals surface area contributed by atoms with Crippen molar-refractivity contribution in [2.75, 3.05) is 18.8 Å². The maximum atomic E-state index is 13.7. The number of carbonyl (C=O) groups excluding carboxylic acids is 2. The number of esters is 1. The van der Waals surface area contributed by atoms with Crippen LogP contribution in [-0.2, 0) is 20.9 Å². The Morgan fingerprint density at radius 1 is 1.28 bits per heavy atom. The molecule has 0 radical (unpaired) electrons. The molecule has 46 heavy (non-hydrogen) atoms. The second-order valence-corrected chi connectivity index (χ2v) is 16.9. The number of aliphatic hydroxyl groups excluding tert-OH is 1. The molecule has 3 fully saturated rings. The van der Waals surface area contributed by atoms with Crippen molar-refractivity contribution in [3.05, 3.63) is 53.4 Å². The van der Waals surface area contributed by atoms with Gasteiger partial charge in [0.2, 0.25) is 0 Å². The van der Waals surface area contributed by atoms with Crippen molar-refractivity contribution in [1.82, 2.24) is 14.9 Å². The molecule has 0 spiro atoms. The number of hydrogen-bond donors (Lipinski definition) is 2. The van der Waals surface area contributed by atoms with Gasteiger partial charge >= 0.3 is 5.97 Å². The summed E-state index contributed by atoms with van der Waals surface area (Å²) in [4.78, 5) is 44.2. The molecular formula is C36H50FN3O5S. The van der Waals surface area contributed by atoms with Crippen LogP contribution < -0.4 is 10.9 Å². The summed E-state index contributed by atoms with van der Waals surface area (Å²) in [5.41, 5.74) is -1.34. The van der Waals surface area contributed by atoms with Gasteiger partial charge in [0.25, 0.3) is 5.56 Å². The number of ether oxygens (including phenoxy) is 1. The van der Waals surface area contributed by atoms with E-state index in [1.165, 1.54) is 40.9 Å². The van der Waals surface area contributed by atoms with Crippen molar-refractivity contribution in [1.29, 1.82) is 0 Å². The summed E-state index contributed by atoms with van der Waals surface area (Å²) in [6.07, 6.45) is 5.59. The topological polar surface area (TPSA) is 111 Å². The number of aromatic nitrogens is 2. The Kier molecular flexibility index (Phi) is 9.68. The second kappa shape index (κ2) is 12.8. The zero-order chi connectivity index (χ0) is 33.7. The minimum absolute atomic E-state index is 0.0709. The number of halogens is 1. The lowest BCUT2D eigenvalue weighted by atomic mass is 9.44. The molecule has 0 aliphatic heterocycles. The van der Waals surface area contributed by atoms with Crippen LogP contribution in [0.2, 0.25) is 0 Å². The van der Waals surface area contributed by atoms with E-state index >= 15 is 0 Å². The molecule has 3 aliphatic carbocycles. The zero-order valence-corrected chi connectivity index (χ0v) is 28.9. The van der Waals surface area contributed by atoms with E-state index in [1.54, 1.807) is 0 Å². The molecule has 2 aromatic rings. The number of benzene rings is 1. The van der Waals surface area contributed by atoms with Crippen LogP contribution in [0.1, 0.15) is 73.6 Å². The quantitative estimate of drug-likeness (QED) is 0.195. The Bertz CT molecular complexity index is 1560. The molecule has 10 heteroatoms. The van der Waals surface area contributed by atoms with Crippen LogP contribution in [0.4, 0.5) is 4.39 Å². The number of thioether (sulfide) groups is 1. The van der Waals surface area contributed by atoms with E-state index in [0.29, 0.717) is 38.0 Å². The molecule has 0 unspecified atom stereocenters. The molecule has 2 N–H and O–H groups in total. The first-order chi connectivity index (χ1) is 21.6. The molecular weight excluding hydrogens is 605 g/mol. The molecule has 5 rings (SSSR count). The third-order valence-electron chi connectivity index (χ3n) is 12.0. The Hall–Kier alpha value is -2.56. The van der Waals surface area contributed by atoms with Crippen LogP contribution >= 0.6 is 11.8 Å². The number of carbonyl (C=O) groups is 2. The summed E-state index contributed by atoms with van der Waals surface area (Å²) >= 11 is 1.49. The predicted molar refractivity (Wildman–Crippen MR) is 180 cm³/mol. The van der Waals surface area contributed by atoms with Crippen molar-refractivity contribution in [2.45, 2.75) is 97.1 Å². The summed E-state index contributed by atoms with van der Waals surface area (Å²) in [6.45, 7) is 18.1. The average molecular weight is 656 g/mol. The molecule has 0 amide bonds. The van der Waals surface area contributed by atoms with Gasteiger partial charge in [0, 0.05) is 47.6 Å². The number of nitrogens with zero attached hydrogens (tertiary/aromatic N) is 2. The van der Waals surface area contributed by atoms with E-state index in [9.17, 15) is 23.9 Å². The summed E-state index contributed by atoms with van der Waals surface area (Å²) in [6, 6.07) is 3.99. The normalized spacial score (nSPS) is 34.5. The molecule has 2 bridgehead atoms. The Morgan fingerprint density at radius 2 is 2.02 bits per heavy atom. The third-order valence-corrected chi connectivity index (χ3v) is 13.3. The van der Waals surface area contributed by atoms with Gasteiger partial charge in [-0.3, -0.25) is 19.0 Å². The molecule has 252 valence electrons. The van der Waals surface area contributed by atoms with Gasteiger partial charge in [-0.05, 0) is 75.0 Å². The predicted octanol–water partition coefficient (Wildman–Crippen LogP) is 5.54. The van der Waals surface area contributed by atoms with Gasteiger partial charge in [-0.2, -0.15) is 0 Å². The molecule has 1 aromatic carbocycles. The zero-order valence-electron chi connectivity index (χ0n) is 28.1. The molecule has 3 aliphatic rings. The van der Waals surface area contributed by atoms with Crippen molar-refractivity contribution in [3.8, 4) is 0 Å².